The van der Waals surface area contributed by atoms with E-state index in [0.29, 0.717) is 0 Å². The molecule has 298 valence electrons. The maximum atomic E-state index is 13.6. The quantitative estimate of drug-likeness (QED) is 0.0913. The van der Waals surface area contributed by atoms with Crippen LogP contribution in [-0.2, 0) is 19.3 Å². The second-order valence-corrected chi connectivity index (χ2v) is 19.1. The van der Waals surface area contributed by atoms with E-state index in [1.807, 2.05) is 42.5 Å². The van der Waals surface area contributed by atoms with Crippen molar-refractivity contribution in [3.8, 4) is 33.5 Å². The predicted octanol–water partition coefficient (Wildman–Crippen LogP) is 12.2. The van der Waals surface area contributed by atoms with Crippen molar-refractivity contribution in [2.45, 2.75) is 44.3 Å². The van der Waals surface area contributed by atoms with E-state index in [-0.39, 0.29) is 0 Å². The van der Waals surface area contributed by atoms with E-state index in [2.05, 4.69) is 179 Å². The minimum atomic E-state index is -1.72. The fourth-order valence-corrected chi connectivity index (χ4v) is 10.8. The summed E-state index contributed by atoms with van der Waals surface area (Å²) in [4.78, 5) is 5.64. The van der Waals surface area contributed by atoms with E-state index >= 15 is 0 Å². The minimum Gasteiger partial charge on any atom is -0.399 e. The summed E-state index contributed by atoms with van der Waals surface area (Å²) < 4.78 is 26.5. The third kappa shape index (κ3) is 5.95. The molecule has 0 spiro atoms. The maximum absolute atomic E-state index is 13.6. The van der Waals surface area contributed by atoms with Crippen LogP contribution in [0, 0.1) is 0 Å². The number of rotatable bonds is 7. The zero-order valence-electron chi connectivity index (χ0n) is 35.2. The van der Waals surface area contributed by atoms with E-state index < -0.39 is 31.5 Å². The summed E-state index contributed by atoms with van der Waals surface area (Å²) in [6.07, 6.45) is 0. The molecule has 62 heavy (non-hydrogen) atoms. The predicted molar refractivity (Wildman–Crippen MR) is 256 cm³/mol. The topological polar surface area (TPSA) is 48.4 Å². The SMILES string of the molecule is CC1(C)OB(c2ccc(-c3nc4c(-c5ccc([P+](=O)c6ccccc6)cc5)cccc4c4cc5c(cc34)-c3ccccc3C5(c3ccccc3)c3ccccc3)cc2)OC1(C)C. The highest BCUT2D eigenvalue weighted by Gasteiger charge is 2.52. The Kier molecular flexibility index (Phi) is 9.03. The molecular formula is C56H44BNO3P+. The highest BCUT2D eigenvalue weighted by Crippen LogP contribution is 2.57. The van der Waals surface area contributed by atoms with E-state index in [9.17, 15) is 4.57 Å². The summed E-state index contributed by atoms with van der Waals surface area (Å²) in [5, 5.41) is 4.90. The van der Waals surface area contributed by atoms with Crippen molar-refractivity contribution in [2.75, 3.05) is 0 Å². The fourth-order valence-electron chi connectivity index (χ4n) is 9.68. The number of aromatic nitrogens is 1. The molecule has 0 saturated carbocycles. The van der Waals surface area contributed by atoms with Gasteiger partial charge in [0.2, 0.25) is 0 Å². The molecule has 6 heteroatoms. The molecule has 0 N–H and O–H groups in total. The second-order valence-electron chi connectivity index (χ2n) is 17.5. The van der Waals surface area contributed by atoms with Gasteiger partial charge in [-0.3, -0.25) is 0 Å². The summed E-state index contributed by atoms with van der Waals surface area (Å²) in [7, 11) is -2.18. The van der Waals surface area contributed by atoms with Gasteiger partial charge in [-0.25, -0.2) is 4.98 Å². The first-order valence-electron chi connectivity index (χ1n) is 21.3. The Morgan fingerprint density at radius 2 is 1.02 bits per heavy atom. The van der Waals surface area contributed by atoms with Crippen LogP contribution in [-0.4, -0.2) is 23.3 Å². The first kappa shape index (κ1) is 38.4. The van der Waals surface area contributed by atoms with Crippen molar-refractivity contribution in [3.05, 3.63) is 216 Å². The molecule has 9 aromatic rings. The van der Waals surface area contributed by atoms with Crippen LogP contribution >= 0.6 is 7.80 Å². The molecule has 11 rings (SSSR count). The Hall–Kier alpha value is -6.49. The normalized spacial score (nSPS) is 16.0. The highest BCUT2D eigenvalue weighted by atomic mass is 31.1. The van der Waals surface area contributed by atoms with Gasteiger partial charge in [-0.15, -0.1) is 0 Å². The van der Waals surface area contributed by atoms with Crippen LogP contribution < -0.4 is 16.1 Å². The van der Waals surface area contributed by atoms with Gasteiger partial charge in [-0.05, 0) is 126 Å². The lowest BCUT2D eigenvalue weighted by Crippen LogP contribution is -2.41. The molecule has 1 atom stereocenters. The lowest BCUT2D eigenvalue weighted by Gasteiger charge is -2.34. The number of benzene rings is 8. The molecule has 4 nitrogen and oxygen atoms in total. The number of para-hydroxylation sites is 1. The van der Waals surface area contributed by atoms with Gasteiger partial charge >= 0.3 is 14.9 Å². The van der Waals surface area contributed by atoms with Crippen LogP contribution in [0.3, 0.4) is 0 Å². The van der Waals surface area contributed by atoms with E-state index in [1.54, 1.807) is 0 Å². The molecule has 1 aliphatic heterocycles. The Balaban J connectivity index is 1.16. The van der Waals surface area contributed by atoms with E-state index in [1.165, 1.54) is 33.4 Å². The zero-order valence-corrected chi connectivity index (χ0v) is 36.1. The third-order valence-corrected chi connectivity index (χ3v) is 15.0. The Morgan fingerprint density at radius 3 is 1.66 bits per heavy atom. The molecule has 1 aromatic heterocycles. The Labute approximate surface area is 364 Å². The highest BCUT2D eigenvalue weighted by molar-refractivity contribution is 7.61. The van der Waals surface area contributed by atoms with Gasteiger partial charge in [-0.2, -0.15) is 0 Å². The lowest BCUT2D eigenvalue weighted by atomic mass is 9.67. The molecule has 0 amide bonds. The lowest BCUT2D eigenvalue weighted by molar-refractivity contribution is 0.00578. The largest absolute Gasteiger partial charge is 0.494 e. The molecule has 1 saturated heterocycles. The molecule has 1 fully saturated rings. The molecule has 1 aliphatic carbocycles. The fraction of sp³-hybridized carbons (Fsp3) is 0.125. The monoisotopic (exact) mass is 820 g/mol. The van der Waals surface area contributed by atoms with Crippen LogP contribution in [0.1, 0.15) is 49.9 Å². The summed E-state index contributed by atoms with van der Waals surface area (Å²) in [5.74, 6) is 0. The average Bonchev–Trinajstić information content (AvgIpc) is 3.73. The van der Waals surface area contributed by atoms with Crippen LogP contribution in [0.25, 0.3) is 55.2 Å². The Bertz CT molecular complexity index is 3130. The summed E-state index contributed by atoms with van der Waals surface area (Å²) in [6.45, 7) is 8.34. The second kappa shape index (κ2) is 14.6. The van der Waals surface area contributed by atoms with Gasteiger partial charge < -0.3 is 9.31 Å². The smallest absolute Gasteiger partial charge is 0.399 e. The van der Waals surface area contributed by atoms with Crippen molar-refractivity contribution >= 4 is 52.7 Å². The van der Waals surface area contributed by atoms with E-state index in [0.717, 1.165) is 60.1 Å². The van der Waals surface area contributed by atoms with Crippen LogP contribution in [0.4, 0.5) is 0 Å². The van der Waals surface area contributed by atoms with Crippen molar-refractivity contribution < 1.29 is 13.9 Å². The number of fused-ring (bicyclic) bond motifs is 6. The van der Waals surface area contributed by atoms with E-state index in [4.69, 9.17) is 14.3 Å². The van der Waals surface area contributed by atoms with Crippen molar-refractivity contribution in [1.29, 1.82) is 0 Å². The first-order chi connectivity index (χ1) is 30.1. The van der Waals surface area contributed by atoms with Gasteiger partial charge in [0.15, 0.2) is 10.6 Å². The summed E-state index contributed by atoms with van der Waals surface area (Å²) in [5.41, 5.74) is 11.8. The van der Waals surface area contributed by atoms with Crippen molar-refractivity contribution in [1.82, 2.24) is 4.98 Å². The summed E-state index contributed by atoms with van der Waals surface area (Å²) in [6, 6.07) is 68.5. The number of nitrogens with zero attached hydrogens (tertiary/aromatic N) is 1. The molecule has 1 unspecified atom stereocenters. The van der Waals surface area contributed by atoms with Gasteiger partial charge in [0.05, 0.1) is 27.8 Å². The third-order valence-electron chi connectivity index (χ3n) is 13.5. The first-order valence-corrected chi connectivity index (χ1v) is 22.6. The van der Waals surface area contributed by atoms with Gasteiger partial charge in [-0.1, -0.05) is 150 Å². The molecular weight excluding hydrogens is 776 g/mol. The van der Waals surface area contributed by atoms with Crippen molar-refractivity contribution in [3.63, 3.8) is 0 Å². The number of pyridine rings is 1. The number of hydrogen-bond donors (Lipinski definition) is 0. The molecule has 2 heterocycles. The number of hydrogen-bond acceptors (Lipinski definition) is 4. The van der Waals surface area contributed by atoms with Crippen LogP contribution in [0.5, 0.6) is 0 Å². The van der Waals surface area contributed by atoms with Crippen molar-refractivity contribution in [2.24, 2.45) is 0 Å². The molecule has 2 aliphatic rings. The van der Waals surface area contributed by atoms with Crippen LogP contribution in [0.15, 0.2) is 194 Å². The standard InChI is InChI=1S/C56H44BNO3P/c1-54(2)55(3,4)61-57(60-54)41-31-27-38(28-32-41)52-49-35-48-45-23-14-15-26-50(45)56(39-17-8-5-9-18-39,40-19-10-6-11-20-40)51(48)36-47(49)46-25-16-24-44(53(46)58-52)37-29-33-43(34-30-37)62(59)42-21-12-7-13-22-42/h5-36H,1-4H3/q+1. The molecule has 0 radical (unpaired) electrons. The summed E-state index contributed by atoms with van der Waals surface area (Å²) >= 11 is 0. The van der Waals surface area contributed by atoms with Crippen LogP contribution in [0.2, 0.25) is 0 Å². The Morgan fingerprint density at radius 1 is 0.468 bits per heavy atom. The van der Waals surface area contributed by atoms with Gasteiger partial charge in [0.25, 0.3) is 0 Å². The average molecular weight is 821 g/mol. The maximum Gasteiger partial charge on any atom is 0.494 e. The molecule has 8 aromatic carbocycles. The van der Waals surface area contributed by atoms with Gasteiger partial charge in [0.1, 0.15) is 0 Å². The minimum absolute atomic E-state index is 0.441. The zero-order chi connectivity index (χ0) is 42.2. The molecule has 0 bridgehead atoms. The van der Waals surface area contributed by atoms with Gasteiger partial charge in [0, 0.05) is 21.9 Å².